The molecule has 0 spiro atoms. The molecule has 0 saturated carbocycles. The molecular formula is C16H21IN2O4. The van der Waals surface area contributed by atoms with Crippen LogP contribution in [0, 0.1) is 3.57 Å². The summed E-state index contributed by atoms with van der Waals surface area (Å²) in [5.74, 6) is 0. The number of likely N-dealkylation sites (N-methyl/N-ethyl adjacent to an activating group) is 1. The lowest BCUT2D eigenvalue weighted by molar-refractivity contribution is 0.0223. The van der Waals surface area contributed by atoms with E-state index in [1.54, 1.807) is 11.9 Å². The summed E-state index contributed by atoms with van der Waals surface area (Å²) in [5.41, 5.74) is 0.239. The van der Waals surface area contributed by atoms with Gasteiger partial charge in [0.15, 0.2) is 0 Å². The van der Waals surface area contributed by atoms with Gasteiger partial charge in [-0.05, 0) is 67.6 Å². The van der Waals surface area contributed by atoms with E-state index in [0.29, 0.717) is 13.1 Å². The highest BCUT2D eigenvalue weighted by molar-refractivity contribution is 14.1. The minimum Gasteiger partial charge on any atom is -0.444 e. The second kappa shape index (κ2) is 6.94. The minimum absolute atomic E-state index is 0.293. The van der Waals surface area contributed by atoms with Crippen LogP contribution in [0.1, 0.15) is 20.8 Å². The fourth-order valence-corrected chi connectivity index (χ4v) is 2.53. The number of hydrogen-bond donors (Lipinski definition) is 0. The van der Waals surface area contributed by atoms with Crippen LogP contribution in [0.3, 0.4) is 0 Å². The Kier molecular flexibility index (Phi) is 5.38. The predicted molar refractivity (Wildman–Crippen MR) is 95.6 cm³/mol. The number of anilines is 1. The van der Waals surface area contributed by atoms with E-state index in [1.165, 1.54) is 4.90 Å². The van der Waals surface area contributed by atoms with Crippen molar-refractivity contribution in [2.75, 3.05) is 25.0 Å². The topological polar surface area (TPSA) is 59.1 Å². The molecule has 6 nitrogen and oxygen atoms in total. The van der Waals surface area contributed by atoms with Gasteiger partial charge in [-0.3, -0.25) is 4.90 Å². The molecule has 1 heterocycles. The van der Waals surface area contributed by atoms with E-state index in [2.05, 4.69) is 22.6 Å². The summed E-state index contributed by atoms with van der Waals surface area (Å²) in [5, 5.41) is 0. The van der Waals surface area contributed by atoms with E-state index in [-0.39, 0.29) is 6.10 Å². The standard InChI is InChI=1S/C16H21IN2O4/c1-16(2,3)23-14(20)18(4)9-13-10-19(15(21)22-13)12-7-5-11(17)6-8-12/h5-8,13H,9-10H2,1-4H3/t13-/m0/s1. The summed E-state index contributed by atoms with van der Waals surface area (Å²) in [6.45, 7) is 6.14. The Hall–Kier alpha value is -1.51. The van der Waals surface area contributed by atoms with Crippen molar-refractivity contribution in [3.63, 3.8) is 0 Å². The normalized spacial score (nSPS) is 17.9. The summed E-state index contributed by atoms with van der Waals surface area (Å²) >= 11 is 2.21. The zero-order valence-corrected chi connectivity index (χ0v) is 15.9. The van der Waals surface area contributed by atoms with Gasteiger partial charge in [-0.2, -0.15) is 0 Å². The van der Waals surface area contributed by atoms with Crippen molar-refractivity contribution in [3.05, 3.63) is 27.8 Å². The van der Waals surface area contributed by atoms with Gasteiger partial charge in [0.25, 0.3) is 0 Å². The summed E-state index contributed by atoms with van der Waals surface area (Å²) in [6.07, 6.45) is -1.20. The smallest absolute Gasteiger partial charge is 0.414 e. The van der Waals surface area contributed by atoms with Crippen molar-refractivity contribution in [3.8, 4) is 0 Å². The predicted octanol–water partition coefficient (Wildman–Crippen LogP) is 3.48. The van der Waals surface area contributed by atoms with Gasteiger partial charge in [0.05, 0.1) is 13.1 Å². The summed E-state index contributed by atoms with van der Waals surface area (Å²) in [7, 11) is 1.63. The van der Waals surface area contributed by atoms with Crippen LogP contribution in [0.4, 0.5) is 15.3 Å². The molecule has 1 atom stereocenters. The Labute approximate surface area is 149 Å². The zero-order valence-electron chi connectivity index (χ0n) is 13.7. The first-order valence-electron chi connectivity index (χ1n) is 7.33. The molecule has 1 aromatic rings. The molecule has 0 bridgehead atoms. The average Bonchev–Trinajstić information content (AvgIpc) is 2.78. The molecule has 1 fully saturated rings. The molecule has 1 aliphatic rings. The average molecular weight is 432 g/mol. The van der Waals surface area contributed by atoms with Crippen LogP contribution in [-0.2, 0) is 9.47 Å². The lowest BCUT2D eigenvalue weighted by Gasteiger charge is -2.25. The summed E-state index contributed by atoms with van der Waals surface area (Å²) < 4.78 is 11.7. The molecule has 0 unspecified atom stereocenters. The second-order valence-electron chi connectivity index (χ2n) is 6.45. The van der Waals surface area contributed by atoms with E-state index >= 15 is 0 Å². The van der Waals surface area contributed by atoms with E-state index in [0.717, 1.165) is 9.26 Å². The van der Waals surface area contributed by atoms with Gasteiger partial charge >= 0.3 is 12.2 Å². The van der Waals surface area contributed by atoms with Crippen LogP contribution in [0.25, 0.3) is 0 Å². The van der Waals surface area contributed by atoms with Crippen LogP contribution in [0.15, 0.2) is 24.3 Å². The Morgan fingerprint density at radius 1 is 1.39 bits per heavy atom. The number of nitrogens with zero attached hydrogens (tertiary/aromatic N) is 2. The maximum atomic E-state index is 12.0. The minimum atomic E-state index is -0.551. The summed E-state index contributed by atoms with van der Waals surface area (Å²) in [6, 6.07) is 7.62. The lowest BCUT2D eigenvalue weighted by Crippen LogP contribution is -2.39. The van der Waals surface area contributed by atoms with Crippen LogP contribution < -0.4 is 4.90 Å². The number of carbonyl (C=O) groups is 2. The number of hydrogen-bond acceptors (Lipinski definition) is 4. The first-order chi connectivity index (χ1) is 10.7. The molecule has 7 heteroatoms. The third-order valence-corrected chi connectivity index (χ3v) is 3.91. The molecule has 23 heavy (non-hydrogen) atoms. The third kappa shape index (κ3) is 4.98. The Bertz CT molecular complexity index is 583. The van der Waals surface area contributed by atoms with Crippen LogP contribution in [0.2, 0.25) is 0 Å². The van der Waals surface area contributed by atoms with Gasteiger partial charge < -0.3 is 14.4 Å². The van der Waals surface area contributed by atoms with Gasteiger partial charge in [-0.25, -0.2) is 9.59 Å². The molecule has 126 valence electrons. The van der Waals surface area contributed by atoms with Crippen LogP contribution in [0.5, 0.6) is 0 Å². The second-order valence-corrected chi connectivity index (χ2v) is 7.70. The molecule has 0 aliphatic carbocycles. The van der Waals surface area contributed by atoms with Crippen molar-refractivity contribution < 1.29 is 19.1 Å². The van der Waals surface area contributed by atoms with Gasteiger partial charge in [-0.1, -0.05) is 0 Å². The van der Waals surface area contributed by atoms with Crippen molar-refractivity contribution >= 4 is 40.5 Å². The number of rotatable bonds is 3. The van der Waals surface area contributed by atoms with Gasteiger partial charge in [0, 0.05) is 16.3 Å². The zero-order chi connectivity index (χ0) is 17.2. The molecule has 1 aliphatic heterocycles. The Balaban J connectivity index is 1.95. The van der Waals surface area contributed by atoms with Gasteiger partial charge in [-0.15, -0.1) is 0 Å². The van der Waals surface area contributed by atoms with E-state index < -0.39 is 17.8 Å². The summed E-state index contributed by atoms with van der Waals surface area (Å²) in [4.78, 5) is 27.0. The Morgan fingerprint density at radius 3 is 2.57 bits per heavy atom. The van der Waals surface area contributed by atoms with Gasteiger partial charge in [0.2, 0.25) is 0 Å². The maximum absolute atomic E-state index is 12.0. The Morgan fingerprint density at radius 2 is 2.00 bits per heavy atom. The monoisotopic (exact) mass is 432 g/mol. The highest BCUT2D eigenvalue weighted by atomic mass is 127. The number of halogens is 1. The molecule has 0 radical (unpaired) electrons. The lowest BCUT2D eigenvalue weighted by atomic mass is 10.2. The van der Waals surface area contributed by atoms with E-state index in [9.17, 15) is 9.59 Å². The fraction of sp³-hybridized carbons (Fsp3) is 0.500. The van der Waals surface area contributed by atoms with Crippen molar-refractivity contribution in [1.82, 2.24) is 4.90 Å². The molecule has 0 aromatic heterocycles. The quantitative estimate of drug-likeness (QED) is 0.687. The largest absolute Gasteiger partial charge is 0.444 e. The fourth-order valence-electron chi connectivity index (χ4n) is 2.17. The molecular weight excluding hydrogens is 411 g/mol. The van der Waals surface area contributed by atoms with Crippen molar-refractivity contribution in [2.24, 2.45) is 0 Å². The number of cyclic esters (lactones) is 1. The van der Waals surface area contributed by atoms with Crippen molar-refractivity contribution in [1.29, 1.82) is 0 Å². The number of carbonyl (C=O) groups excluding carboxylic acids is 2. The van der Waals surface area contributed by atoms with Gasteiger partial charge in [0.1, 0.15) is 11.7 Å². The number of amides is 2. The molecule has 1 aromatic carbocycles. The number of benzene rings is 1. The van der Waals surface area contributed by atoms with Crippen molar-refractivity contribution in [2.45, 2.75) is 32.5 Å². The molecule has 2 rings (SSSR count). The van der Waals surface area contributed by atoms with E-state index in [1.807, 2.05) is 45.0 Å². The molecule has 2 amide bonds. The first kappa shape index (κ1) is 17.8. The maximum Gasteiger partial charge on any atom is 0.414 e. The third-order valence-electron chi connectivity index (χ3n) is 3.20. The van der Waals surface area contributed by atoms with Crippen LogP contribution in [-0.4, -0.2) is 48.9 Å². The van der Waals surface area contributed by atoms with E-state index in [4.69, 9.17) is 9.47 Å². The molecule has 0 N–H and O–H groups in total. The number of ether oxygens (including phenoxy) is 2. The molecule has 1 saturated heterocycles. The van der Waals surface area contributed by atoms with Crippen LogP contribution >= 0.6 is 22.6 Å². The SMILES string of the molecule is CN(C[C@H]1CN(c2ccc(I)cc2)C(=O)O1)C(=O)OC(C)(C)C. The highest BCUT2D eigenvalue weighted by Crippen LogP contribution is 2.23. The first-order valence-corrected chi connectivity index (χ1v) is 8.41. The highest BCUT2D eigenvalue weighted by Gasteiger charge is 2.34.